The Balaban J connectivity index is 2.73. The SMILES string of the molecule is Cc1nn(C)c(Cl)c1CC(N)CC(C)(C)C. The highest BCUT2D eigenvalue weighted by molar-refractivity contribution is 6.30. The summed E-state index contributed by atoms with van der Waals surface area (Å²) in [6, 6.07) is 0.139. The highest BCUT2D eigenvalue weighted by Crippen LogP contribution is 2.25. The molecule has 2 N–H and O–H groups in total. The average molecular weight is 244 g/mol. The predicted molar refractivity (Wildman–Crippen MR) is 68.7 cm³/mol. The highest BCUT2D eigenvalue weighted by atomic mass is 35.5. The molecule has 0 fully saturated rings. The van der Waals surface area contributed by atoms with Gasteiger partial charge in [0.1, 0.15) is 5.15 Å². The molecular weight excluding hydrogens is 222 g/mol. The van der Waals surface area contributed by atoms with Gasteiger partial charge in [-0.1, -0.05) is 32.4 Å². The summed E-state index contributed by atoms with van der Waals surface area (Å²) >= 11 is 6.17. The van der Waals surface area contributed by atoms with Crippen LogP contribution in [0.15, 0.2) is 0 Å². The summed E-state index contributed by atoms with van der Waals surface area (Å²) in [7, 11) is 1.86. The second kappa shape index (κ2) is 4.76. The van der Waals surface area contributed by atoms with E-state index < -0.39 is 0 Å². The molecule has 0 aliphatic rings. The maximum atomic E-state index is 6.17. The molecule has 1 atom stereocenters. The molecule has 0 saturated carbocycles. The topological polar surface area (TPSA) is 43.8 Å². The maximum Gasteiger partial charge on any atom is 0.130 e. The Hall–Kier alpha value is -0.540. The summed E-state index contributed by atoms with van der Waals surface area (Å²) in [5.74, 6) is 0. The van der Waals surface area contributed by atoms with E-state index in [1.807, 2.05) is 14.0 Å². The Morgan fingerprint density at radius 1 is 1.44 bits per heavy atom. The van der Waals surface area contributed by atoms with Crippen LogP contribution >= 0.6 is 11.6 Å². The smallest absolute Gasteiger partial charge is 0.130 e. The van der Waals surface area contributed by atoms with Gasteiger partial charge in [0, 0.05) is 18.7 Å². The van der Waals surface area contributed by atoms with Crippen molar-refractivity contribution in [3.8, 4) is 0 Å². The van der Waals surface area contributed by atoms with Crippen molar-refractivity contribution in [1.82, 2.24) is 9.78 Å². The largest absolute Gasteiger partial charge is 0.327 e. The van der Waals surface area contributed by atoms with Gasteiger partial charge < -0.3 is 5.73 Å². The second-order valence-electron chi connectivity index (χ2n) is 5.71. The van der Waals surface area contributed by atoms with Crippen molar-refractivity contribution >= 4 is 11.6 Å². The molecule has 1 aromatic heterocycles. The molecule has 0 spiro atoms. The second-order valence-corrected chi connectivity index (χ2v) is 6.07. The first-order chi connectivity index (χ1) is 7.20. The first-order valence-electron chi connectivity index (χ1n) is 5.64. The lowest BCUT2D eigenvalue weighted by atomic mass is 9.86. The van der Waals surface area contributed by atoms with Crippen LogP contribution in [-0.4, -0.2) is 15.8 Å². The quantitative estimate of drug-likeness (QED) is 0.887. The molecule has 1 unspecified atom stereocenters. The zero-order chi connectivity index (χ0) is 12.5. The van der Waals surface area contributed by atoms with Crippen LogP contribution in [0.25, 0.3) is 0 Å². The molecule has 0 aliphatic heterocycles. The van der Waals surface area contributed by atoms with E-state index in [0.717, 1.165) is 24.1 Å². The van der Waals surface area contributed by atoms with Gasteiger partial charge in [-0.2, -0.15) is 5.10 Å². The summed E-state index contributed by atoms with van der Waals surface area (Å²) < 4.78 is 1.70. The molecule has 1 rings (SSSR count). The van der Waals surface area contributed by atoms with E-state index in [1.54, 1.807) is 4.68 Å². The van der Waals surface area contributed by atoms with Crippen LogP contribution in [0, 0.1) is 12.3 Å². The summed E-state index contributed by atoms with van der Waals surface area (Å²) in [6.07, 6.45) is 1.79. The molecule has 0 amide bonds. The van der Waals surface area contributed by atoms with E-state index in [1.165, 1.54) is 0 Å². The third-order valence-electron chi connectivity index (χ3n) is 2.61. The van der Waals surface area contributed by atoms with E-state index in [9.17, 15) is 0 Å². The van der Waals surface area contributed by atoms with Crippen LogP contribution in [-0.2, 0) is 13.5 Å². The summed E-state index contributed by atoms with van der Waals surface area (Å²) in [6.45, 7) is 8.57. The van der Waals surface area contributed by atoms with Gasteiger partial charge in [-0.25, -0.2) is 0 Å². The number of aryl methyl sites for hydroxylation is 2. The third kappa shape index (κ3) is 3.49. The molecule has 0 bridgehead atoms. The maximum absolute atomic E-state index is 6.17. The number of nitrogens with two attached hydrogens (primary N) is 1. The van der Waals surface area contributed by atoms with Crippen molar-refractivity contribution in [1.29, 1.82) is 0 Å². The van der Waals surface area contributed by atoms with Crippen LogP contribution in [0.4, 0.5) is 0 Å². The van der Waals surface area contributed by atoms with Crippen LogP contribution in [0.5, 0.6) is 0 Å². The number of rotatable bonds is 3. The molecular formula is C12H22ClN3. The molecule has 0 radical (unpaired) electrons. The van der Waals surface area contributed by atoms with E-state index in [0.29, 0.717) is 5.15 Å². The van der Waals surface area contributed by atoms with E-state index in [2.05, 4.69) is 25.9 Å². The Kier molecular flexibility index (Phi) is 4.02. The fraction of sp³-hybridized carbons (Fsp3) is 0.750. The highest BCUT2D eigenvalue weighted by Gasteiger charge is 2.19. The van der Waals surface area contributed by atoms with E-state index in [-0.39, 0.29) is 11.5 Å². The molecule has 16 heavy (non-hydrogen) atoms. The van der Waals surface area contributed by atoms with Crippen molar-refractivity contribution in [2.75, 3.05) is 0 Å². The van der Waals surface area contributed by atoms with Crippen molar-refractivity contribution in [3.05, 3.63) is 16.4 Å². The summed E-state index contributed by atoms with van der Waals surface area (Å²) in [5.41, 5.74) is 8.46. The van der Waals surface area contributed by atoms with Gasteiger partial charge in [-0.15, -0.1) is 0 Å². The molecule has 4 heteroatoms. The number of hydrogen-bond donors (Lipinski definition) is 1. The number of halogens is 1. The van der Waals surface area contributed by atoms with E-state index >= 15 is 0 Å². The van der Waals surface area contributed by atoms with Crippen LogP contribution in [0.1, 0.15) is 38.4 Å². The fourth-order valence-corrected chi connectivity index (χ4v) is 2.28. The lowest BCUT2D eigenvalue weighted by molar-refractivity contribution is 0.338. The van der Waals surface area contributed by atoms with Crippen LogP contribution in [0.2, 0.25) is 5.15 Å². The van der Waals surface area contributed by atoms with Gasteiger partial charge >= 0.3 is 0 Å². The normalized spacial score (nSPS) is 14.2. The molecule has 3 nitrogen and oxygen atoms in total. The van der Waals surface area contributed by atoms with Gasteiger partial charge in [-0.3, -0.25) is 4.68 Å². The molecule has 1 heterocycles. The zero-order valence-corrected chi connectivity index (χ0v) is 11.6. The van der Waals surface area contributed by atoms with Gasteiger partial charge in [0.05, 0.1) is 5.69 Å². The van der Waals surface area contributed by atoms with Gasteiger partial charge in [-0.05, 0) is 25.2 Å². The Labute approximate surface area is 103 Å². The molecule has 0 aliphatic carbocycles. The molecule has 0 aromatic carbocycles. The Bertz CT molecular complexity index is 363. The Morgan fingerprint density at radius 2 is 2.00 bits per heavy atom. The summed E-state index contributed by atoms with van der Waals surface area (Å²) in [4.78, 5) is 0. The average Bonchev–Trinajstić information content (AvgIpc) is 2.29. The van der Waals surface area contributed by atoms with Crippen molar-refractivity contribution < 1.29 is 0 Å². The minimum atomic E-state index is 0.139. The third-order valence-corrected chi connectivity index (χ3v) is 3.08. The standard InChI is InChI=1S/C12H22ClN3/c1-8-10(11(13)16(5)15-8)6-9(14)7-12(2,3)4/h9H,6-7,14H2,1-5H3. The number of nitrogens with zero attached hydrogens (tertiary/aromatic N) is 2. The monoisotopic (exact) mass is 243 g/mol. The lowest BCUT2D eigenvalue weighted by Gasteiger charge is -2.23. The van der Waals surface area contributed by atoms with Crippen molar-refractivity contribution in [2.24, 2.45) is 18.2 Å². The van der Waals surface area contributed by atoms with Crippen LogP contribution in [0.3, 0.4) is 0 Å². The van der Waals surface area contributed by atoms with Crippen LogP contribution < -0.4 is 5.73 Å². The first kappa shape index (κ1) is 13.5. The van der Waals surface area contributed by atoms with Gasteiger partial charge in [0.25, 0.3) is 0 Å². The van der Waals surface area contributed by atoms with Gasteiger partial charge in [0.2, 0.25) is 0 Å². The van der Waals surface area contributed by atoms with Crippen molar-refractivity contribution in [2.45, 2.75) is 46.6 Å². The minimum absolute atomic E-state index is 0.139. The molecule has 0 saturated heterocycles. The number of aromatic nitrogens is 2. The lowest BCUT2D eigenvalue weighted by Crippen LogP contribution is -2.28. The van der Waals surface area contributed by atoms with Gasteiger partial charge in [0.15, 0.2) is 0 Å². The molecule has 92 valence electrons. The van der Waals surface area contributed by atoms with Crippen molar-refractivity contribution in [3.63, 3.8) is 0 Å². The number of hydrogen-bond acceptors (Lipinski definition) is 2. The molecule has 1 aromatic rings. The van der Waals surface area contributed by atoms with E-state index in [4.69, 9.17) is 17.3 Å². The summed E-state index contributed by atoms with van der Waals surface area (Å²) in [5, 5.41) is 5.00. The first-order valence-corrected chi connectivity index (χ1v) is 6.02. The predicted octanol–water partition coefficient (Wildman–Crippen LogP) is 2.69. The fourth-order valence-electron chi connectivity index (χ4n) is 2.03. The Morgan fingerprint density at radius 3 is 2.38 bits per heavy atom. The zero-order valence-electron chi connectivity index (χ0n) is 10.8. The minimum Gasteiger partial charge on any atom is -0.327 e.